The number of hydrogen-bond donors (Lipinski definition) is 5. The van der Waals surface area contributed by atoms with Gasteiger partial charge in [0.1, 0.15) is 0 Å². The second-order valence-electron chi connectivity index (χ2n) is 6.96. The summed E-state index contributed by atoms with van der Waals surface area (Å²) in [6.45, 7) is -0.251. The zero-order chi connectivity index (χ0) is 20.8. The normalized spacial score (nSPS) is 24.1. The third kappa shape index (κ3) is 5.01. The SMILES string of the molecule is Nc1nc(NC2CC2)c2ncn([C@@H]3C=C[C@H](COP(=O)(O)OP(=O)(O)O)C3)c2n1. The maximum absolute atomic E-state index is 11.6. The van der Waals surface area contributed by atoms with Gasteiger partial charge in [0, 0.05) is 12.0 Å². The second kappa shape index (κ2) is 7.44. The number of nitrogens with one attached hydrogen (secondary N) is 1. The summed E-state index contributed by atoms with van der Waals surface area (Å²) in [5, 5.41) is 3.29. The topological polar surface area (TPSA) is 195 Å². The molecule has 2 aliphatic carbocycles. The van der Waals surface area contributed by atoms with Crippen LogP contribution in [0.5, 0.6) is 0 Å². The van der Waals surface area contributed by atoms with E-state index < -0.39 is 15.6 Å². The highest BCUT2D eigenvalue weighted by atomic mass is 31.3. The predicted molar refractivity (Wildman–Crippen MR) is 102 cm³/mol. The first-order valence-corrected chi connectivity index (χ1v) is 11.8. The Morgan fingerprint density at radius 3 is 2.69 bits per heavy atom. The van der Waals surface area contributed by atoms with Crippen molar-refractivity contribution in [1.82, 2.24) is 19.5 Å². The maximum Gasteiger partial charge on any atom is 0.481 e. The van der Waals surface area contributed by atoms with Crippen LogP contribution in [0.2, 0.25) is 0 Å². The molecule has 2 heterocycles. The summed E-state index contributed by atoms with van der Waals surface area (Å²) in [6, 6.07) is 0.215. The lowest BCUT2D eigenvalue weighted by Crippen LogP contribution is -2.11. The van der Waals surface area contributed by atoms with Crippen molar-refractivity contribution < 1.29 is 32.6 Å². The second-order valence-corrected chi connectivity index (χ2v) is 9.79. The predicted octanol–water partition coefficient (Wildman–Crippen LogP) is 1.33. The summed E-state index contributed by atoms with van der Waals surface area (Å²) in [6.07, 6.45) is 7.91. The number of nitrogens with zero attached hydrogens (tertiary/aromatic N) is 4. The van der Waals surface area contributed by atoms with E-state index >= 15 is 0 Å². The quantitative estimate of drug-likeness (QED) is 0.289. The van der Waals surface area contributed by atoms with Gasteiger partial charge < -0.3 is 30.3 Å². The largest absolute Gasteiger partial charge is 0.481 e. The standard InChI is InChI=1S/C14H20N6O7P2/c15-14-18-12(17-9-2-3-9)11-13(19-14)20(7-16-11)10-4-1-8(5-10)6-26-29(24,25)27-28(21,22)23/h1,4,7-10H,2-3,5-6H2,(H,24,25)(H2,21,22,23)(H3,15,17,18,19)/t8-,10+/m0/s1. The highest BCUT2D eigenvalue weighted by molar-refractivity contribution is 7.60. The van der Waals surface area contributed by atoms with Gasteiger partial charge in [0.25, 0.3) is 0 Å². The zero-order valence-electron chi connectivity index (χ0n) is 15.0. The van der Waals surface area contributed by atoms with E-state index in [4.69, 9.17) is 20.0 Å². The summed E-state index contributed by atoms with van der Waals surface area (Å²) >= 11 is 0. The Hall–Kier alpha value is -1.85. The molecule has 15 heteroatoms. The number of hydrogen-bond acceptors (Lipinski definition) is 9. The molecule has 0 amide bonds. The van der Waals surface area contributed by atoms with Gasteiger partial charge in [-0.3, -0.25) is 4.52 Å². The molecule has 0 spiro atoms. The molecular formula is C14H20N6O7P2. The molecule has 2 aliphatic rings. The number of fused-ring (bicyclic) bond motifs is 1. The van der Waals surface area contributed by atoms with Gasteiger partial charge in [0.2, 0.25) is 5.95 Å². The summed E-state index contributed by atoms with van der Waals surface area (Å²) in [5.74, 6) is 0.438. The molecule has 2 aromatic rings. The molecule has 0 bridgehead atoms. The van der Waals surface area contributed by atoms with Crippen LogP contribution in [0.25, 0.3) is 11.2 Å². The van der Waals surface area contributed by atoms with E-state index in [9.17, 15) is 14.0 Å². The van der Waals surface area contributed by atoms with Crippen LogP contribution in [-0.4, -0.2) is 46.8 Å². The Morgan fingerprint density at radius 2 is 2.00 bits per heavy atom. The van der Waals surface area contributed by atoms with Gasteiger partial charge in [-0.1, -0.05) is 12.2 Å². The van der Waals surface area contributed by atoms with E-state index in [2.05, 4.69) is 24.6 Å². The van der Waals surface area contributed by atoms with Crippen LogP contribution < -0.4 is 11.1 Å². The lowest BCUT2D eigenvalue weighted by molar-refractivity contribution is 0.163. The van der Waals surface area contributed by atoms with Crippen molar-refractivity contribution in [2.45, 2.75) is 31.3 Å². The molecule has 1 saturated carbocycles. The Bertz CT molecular complexity index is 1050. The molecule has 0 saturated heterocycles. The Kier molecular flexibility index (Phi) is 5.24. The number of imidazole rings is 1. The Balaban J connectivity index is 1.45. The monoisotopic (exact) mass is 446 g/mol. The Morgan fingerprint density at radius 1 is 1.24 bits per heavy atom. The lowest BCUT2D eigenvalue weighted by atomic mass is 10.1. The van der Waals surface area contributed by atoms with E-state index in [1.54, 1.807) is 12.4 Å². The van der Waals surface area contributed by atoms with Gasteiger partial charge in [0.05, 0.1) is 19.0 Å². The third-order valence-corrected chi connectivity index (χ3v) is 6.68. The van der Waals surface area contributed by atoms with Crippen molar-refractivity contribution in [2.75, 3.05) is 17.7 Å². The molecule has 29 heavy (non-hydrogen) atoms. The first-order chi connectivity index (χ1) is 13.6. The van der Waals surface area contributed by atoms with Crippen molar-refractivity contribution in [3.05, 3.63) is 18.5 Å². The Labute approximate surface area is 164 Å². The molecule has 2 aromatic heterocycles. The van der Waals surface area contributed by atoms with Crippen LogP contribution in [0.1, 0.15) is 25.3 Å². The fourth-order valence-corrected chi connectivity index (χ4v) is 4.77. The number of nitrogen functional groups attached to an aromatic ring is 1. The van der Waals surface area contributed by atoms with Gasteiger partial charge in [0.15, 0.2) is 17.0 Å². The van der Waals surface area contributed by atoms with E-state index in [1.807, 2.05) is 10.6 Å². The highest BCUT2D eigenvalue weighted by Crippen LogP contribution is 2.57. The number of phosphoric ester groups is 1. The molecule has 1 unspecified atom stereocenters. The zero-order valence-corrected chi connectivity index (χ0v) is 16.8. The average molecular weight is 446 g/mol. The maximum atomic E-state index is 11.6. The minimum atomic E-state index is -5.14. The van der Waals surface area contributed by atoms with Gasteiger partial charge in [-0.2, -0.15) is 14.3 Å². The number of anilines is 2. The van der Waals surface area contributed by atoms with Crippen LogP contribution in [0, 0.1) is 5.92 Å². The van der Waals surface area contributed by atoms with Crippen LogP contribution >= 0.6 is 15.6 Å². The summed E-state index contributed by atoms with van der Waals surface area (Å²) < 4.78 is 32.6. The molecular weight excluding hydrogens is 426 g/mol. The minimum absolute atomic E-state index is 0.125. The third-order valence-electron chi connectivity index (χ3n) is 4.53. The van der Waals surface area contributed by atoms with Crippen molar-refractivity contribution >= 4 is 38.6 Å². The molecule has 4 rings (SSSR count). The molecule has 6 N–H and O–H groups in total. The number of phosphoric acid groups is 2. The van der Waals surface area contributed by atoms with Gasteiger partial charge in [-0.25, -0.2) is 14.1 Å². The van der Waals surface area contributed by atoms with Crippen LogP contribution in [0.4, 0.5) is 11.8 Å². The van der Waals surface area contributed by atoms with Gasteiger partial charge in [-0.15, -0.1) is 0 Å². The number of allylic oxidation sites excluding steroid dienone is 1. The fourth-order valence-electron chi connectivity index (χ4n) is 3.13. The molecule has 3 atom stereocenters. The number of aromatic nitrogens is 4. The summed E-state index contributed by atoms with van der Waals surface area (Å²) in [7, 11) is -10.0. The van der Waals surface area contributed by atoms with Gasteiger partial charge in [-0.05, 0) is 19.3 Å². The van der Waals surface area contributed by atoms with Crippen molar-refractivity contribution in [1.29, 1.82) is 0 Å². The number of nitrogens with two attached hydrogens (primary N) is 1. The fraction of sp³-hybridized carbons (Fsp3) is 0.500. The molecule has 13 nitrogen and oxygen atoms in total. The van der Waals surface area contributed by atoms with Gasteiger partial charge >= 0.3 is 15.6 Å². The molecule has 158 valence electrons. The first kappa shape index (κ1) is 20.4. The van der Waals surface area contributed by atoms with Crippen LogP contribution in [0.3, 0.4) is 0 Å². The molecule has 0 aliphatic heterocycles. The van der Waals surface area contributed by atoms with E-state index in [0.717, 1.165) is 12.8 Å². The van der Waals surface area contributed by atoms with Crippen LogP contribution in [0.15, 0.2) is 18.5 Å². The highest BCUT2D eigenvalue weighted by Gasteiger charge is 2.34. The average Bonchev–Trinajstić information content (AvgIpc) is 3.12. The van der Waals surface area contributed by atoms with Crippen molar-refractivity contribution in [3.8, 4) is 0 Å². The molecule has 0 aromatic carbocycles. The summed E-state index contributed by atoms with van der Waals surface area (Å²) in [4.78, 5) is 39.6. The van der Waals surface area contributed by atoms with Crippen molar-refractivity contribution in [3.63, 3.8) is 0 Å². The smallest absolute Gasteiger partial charge is 0.368 e. The lowest BCUT2D eigenvalue weighted by Gasteiger charge is -2.16. The van der Waals surface area contributed by atoms with Crippen LogP contribution in [-0.2, 0) is 18.0 Å². The first-order valence-electron chi connectivity index (χ1n) is 8.79. The molecule has 1 fully saturated rings. The molecule has 0 radical (unpaired) electrons. The summed E-state index contributed by atoms with van der Waals surface area (Å²) in [5.41, 5.74) is 7.01. The van der Waals surface area contributed by atoms with Crippen molar-refractivity contribution in [2.24, 2.45) is 5.92 Å². The van der Waals surface area contributed by atoms with E-state index in [-0.39, 0.29) is 24.5 Å². The van der Waals surface area contributed by atoms with E-state index in [0.29, 0.717) is 29.4 Å². The number of rotatable bonds is 8. The van der Waals surface area contributed by atoms with E-state index in [1.165, 1.54) is 0 Å². The minimum Gasteiger partial charge on any atom is -0.368 e.